The second-order valence-electron chi connectivity index (χ2n) is 15.4. The van der Waals surface area contributed by atoms with Crippen LogP contribution in [0.4, 0.5) is 0 Å². The third kappa shape index (κ3) is 8.07. The van der Waals surface area contributed by atoms with Gasteiger partial charge in [-0.05, 0) is 58.9 Å². The smallest absolute Gasteiger partial charge is 0.164 e. The van der Waals surface area contributed by atoms with E-state index >= 15 is 0 Å². The fraction of sp³-hybridized carbons (Fsp3) is 0.378. The largest absolute Gasteiger partial charge is 0.512 e. The Morgan fingerprint density at radius 2 is 1.52 bits per heavy atom. The number of carbonyl (C=O) groups is 1. The molecule has 1 radical (unpaired) electrons. The summed E-state index contributed by atoms with van der Waals surface area (Å²) in [5, 5.41) is 17.6. The van der Waals surface area contributed by atoms with Crippen molar-refractivity contribution < 1.29 is 30.0 Å². The van der Waals surface area contributed by atoms with Gasteiger partial charge in [-0.2, -0.15) is 0 Å². The molecule has 6 rings (SSSR count). The number of ketones is 1. The topological polar surface area (TPSA) is 50.2 Å². The second kappa shape index (κ2) is 15.9. The van der Waals surface area contributed by atoms with Crippen molar-refractivity contribution >= 4 is 58.8 Å². The van der Waals surface area contributed by atoms with Crippen molar-refractivity contribution in [3.63, 3.8) is 0 Å². The number of pyridine rings is 1. The molecule has 4 aromatic carbocycles. The number of benzene rings is 4. The van der Waals surface area contributed by atoms with Gasteiger partial charge in [0.1, 0.15) is 5.76 Å². The van der Waals surface area contributed by atoms with Crippen LogP contribution >= 0.6 is 11.3 Å². The van der Waals surface area contributed by atoms with Gasteiger partial charge in [0.2, 0.25) is 0 Å². The standard InChI is InChI=1S/C32H28NS.C13H24O2.Ir/c1-19(2)16-23-9-7-11-26-27-14-15-33-30(32(27)34-31(23)26)24-17-22-13-12-21-8-5-6-10-25(21)29(22)28(18-24)20(3)4;1-7-12(3,4)10(14)9-11(15)13(5,6)8-2;/h5-15,18-20H,16H2,1-4H3;9,14H,7-8H2,1-6H3;/q-1;;/b;10-9-;. The molecule has 0 aliphatic rings. The van der Waals surface area contributed by atoms with E-state index in [0.29, 0.717) is 11.8 Å². The Morgan fingerprint density at radius 3 is 2.18 bits per heavy atom. The third-order valence-electron chi connectivity index (χ3n) is 10.2. The van der Waals surface area contributed by atoms with Gasteiger partial charge >= 0.3 is 0 Å². The minimum absolute atomic E-state index is 0. The van der Waals surface area contributed by atoms with Crippen LogP contribution in [0.2, 0.25) is 0 Å². The molecule has 0 atom stereocenters. The van der Waals surface area contributed by atoms with Gasteiger partial charge in [0.05, 0.1) is 0 Å². The molecule has 0 aliphatic carbocycles. The van der Waals surface area contributed by atoms with E-state index in [4.69, 9.17) is 4.98 Å². The van der Waals surface area contributed by atoms with Crippen LogP contribution in [0.3, 0.4) is 0 Å². The van der Waals surface area contributed by atoms with Gasteiger partial charge in [-0.15, -0.1) is 40.5 Å². The average molecular weight is 863 g/mol. The van der Waals surface area contributed by atoms with E-state index in [0.717, 1.165) is 30.5 Å². The van der Waals surface area contributed by atoms with Crippen molar-refractivity contribution in [2.75, 3.05) is 0 Å². The zero-order chi connectivity index (χ0) is 35.7. The van der Waals surface area contributed by atoms with Crippen LogP contribution in [-0.4, -0.2) is 15.9 Å². The summed E-state index contributed by atoms with van der Waals surface area (Å²) in [6, 6.07) is 28.1. The molecule has 0 spiro atoms. The van der Waals surface area contributed by atoms with Crippen molar-refractivity contribution in [1.82, 2.24) is 4.98 Å². The number of nitrogens with zero attached hydrogens (tertiary/aromatic N) is 1. The first kappa shape index (κ1) is 39.4. The molecule has 6 aromatic rings. The molecule has 2 heterocycles. The monoisotopic (exact) mass is 863 g/mol. The maximum atomic E-state index is 11.8. The van der Waals surface area contributed by atoms with Crippen LogP contribution in [0, 0.1) is 22.8 Å². The normalized spacial score (nSPS) is 12.5. The van der Waals surface area contributed by atoms with E-state index in [1.165, 1.54) is 58.9 Å². The van der Waals surface area contributed by atoms with E-state index < -0.39 is 0 Å². The first-order valence-corrected chi connectivity index (χ1v) is 18.6. The summed E-state index contributed by atoms with van der Waals surface area (Å²) in [5.41, 5.74) is 4.26. The van der Waals surface area contributed by atoms with Gasteiger partial charge in [-0.25, -0.2) is 0 Å². The Bertz CT molecular complexity index is 2170. The molecule has 5 heteroatoms. The summed E-state index contributed by atoms with van der Waals surface area (Å²) >= 11 is 1.89. The van der Waals surface area contributed by atoms with Gasteiger partial charge in [0.25, 0.3) is 0 Å². The van der Waals surface area contributed by atoms with E-state index in [1.54, 1.807) is 0 Å². The predicted molar refractivity (Wildman–Crippen MR) is 213 cm³/mol. The van der Waals surface area contributed by atoms with E-state index in [-0.39, 0.29) is 42.5 Å². The zero-order valence-electron chi connectivity index (χ0n) is 31.3. The van der Waals surface area contributed by atoms with Crippen LogP contribution in [0.15, 0.2) is 84.8 Å². The average Bonchev–Trinajstić information content (AvgIpc) is 3.47. The number of aromatic nitrogens is 1. The summed E-state index contributed by atoms with van der Waals surface area (Å²) in [6.07, 6.45) is 6.05. The van der Waals surface area contributed by atoms with E-state index in [9.17, 15) is 9.90 Å². The molecule has 0 amide bonds. The maximum Gasteiger partial charge on any atom is 0.164 e. The van der Waals surface area contributed by atoms with Crippen LogP contribution < -0.4 is 0 Å². The summed E-state index contributed by atoms with van der Waals surface area (Å²) < 4.78 is 2.66. The molecular formula is C45H52IrNO2S-. The molecule has 265 valence electrons. The summed E-state index contributed by atoms with van der Waals surface area (Å²) in [5.74, 6) is 1.23. The number of hydrogen-bond acceptors (Lipinski definition) is 4. The maximum absolute atomic E-state index is 11.8. The molecule has 0 saturated carbocycles. The molecule has 2 aromatic heterocycles. The fourth-order valence-electron chi connectivity index (χ4n) is 6.12. The number of hydrogen-bond donors (Lipinski definition) is 1. The van der Waals surface area contributed by atoms with Gasteiger partial charge in [-0.3, -0.25) is 9.78 Å². The minimum Gasteiger partial charge on any atom is -0.512 e. The van der Waals surface area contributed by atoms with Gasteiger partial charge in [0, 0.05) is 63.7 Å². The van der Waals surface area contributed by atoms with E-state index in [1.807, 2.05) is 59.1 Å². The number of rotatable bonds is 9. The van der Waals surface area contributed by atoms with Crippen LogP contribution in [0.25, 0.3) is 53.0 Å². The Balaban J connectivity index is 0.000000301. The van der Waals surface area contributed by atoms with Gasteiger partial charge < -0.3 is 5.11 Å². The molecule has 3 nitrogen and oxygen atoms in total. The third-order valence-corrected chi connectivity index (χ3v) is 11.5. The van der Waals surface area contributed by atoms with Crippen molar-refractivity contribution in [2.24, 2.45) is 16.7 Å². The fourth-order valence-corrected chi connectivity index (χ4v) is 7.45. The number of aliphatic hydroxyl groups is 1. The van der Waals surface area contributed by atoms with Crippen molar-refractivity contribution in [3.8, 4) is 11.3 Å². The SMILES string of the molecule is CC(C)Cc1cccc2c1sc1c(-c3[c-]c4ccc5ccccc5c4c(C(C)C)c3)nccc12.CCC(C)(C)C(=O)/C=C(\O)C(C)(C)CC.[Ir]. The molecule has 0 saturated heterocycles. The number of allylic oxidation sites excluding steroid dienone is 2. The first-order chi connectivity index (χ1) is 23.2. The predicted octanol–water partition coefficient (Wildman–Crippen LogP) is 13.4. The molecule has 0 unspecified atom stereocenters. The Kier molecular flexibility index (Phi) is 12.5. The Hall–Kier alpha value is -3.37. The number of carbonyl (C=O) groups excluding carboxylic acids is 1. The van der Waals surface area contributed by atoms with Crippen LogP contribution in [-0.2, 0) is 31.3 Å². The van der Waals surface area contributed by atoms with Crippen molar-refractivity contribution in [3.05, 3.63) is 102 Å². The molecule has 1 N–H and O–H groups in total. The minimum atomic E-state index is -0.377. The van der Waals surface area contributed by atoms with Crippen molar-refractivity contribution in [2.45, 2.75) is 94.4 Å². The summed E-state index contributed by atoms with van der Waals surface area (Å²) in [6.45, 7) is 20.8. The van der Waals surface area contributed by atoms with Crippen LogP contribution in [0.5, 0.6) is 0 Å². The first-order valence-electron chi connectivity index (χ1n) is 17.8. The Labute approximate surface area is 316 Å². The number of fused-ring (bicyclic) bond motifs is 6. The molecule has 0 bridgehead atoms. The molecule has 50 heavy (non-hydrogen) atoms. The van der Waals surface area contributed by atoms with Gasteiger partial charge in [0.15, 0.2) is 5.78 Å². The Morgan fingerprint density at radius 1 is 0.860 bits per heavy atom. The molecule has 0 aliphatic heterocycles. The van der Waals surface area contributed by atoms with Gasteiger partial charge in [-0.1, -0.05) is 129 Å². The quantitative estimate of drug-likeness (QED) is 0.0682. The van der Waals surface area contributed by atoms with E-state index in [2.05, 4.69) is 100 Å². The van der Waals surface area contributed by atoms with Crippen molar-refractivity contribution in [1.29, 1.82) is 0 Å². The van der Waals surface area contributed by atoms with Crippen LogP contribution in [0.1, 0.15) is 99.1 Å². The number of thiophene rings is 1. The summed E-state index contributed by atoms with van der Waals surface area (Å²) in [7, 11) is 0. The summed E-state index contributed by atoms with van der Waals surface area (Å²) in [4.78, 5) is 16.7. The number of aliphatic hydroxyl groups excluding tert-OH is 1. The molecular weight excluding hydrogens is 811 g/mol. The zero-order valence-corrected chi connectivity index (χ0v) is 34.5. The second-order valence-corrected chi connectivity index (χ2v) is 16.4. The molecule has 0 fully saturated rings.